The molecule has 0 saturated heterocycles. The van der Waals surface area contributed by atoms with Crippen molar-refractivity contribution in [3.8, 4) is 0 Å². The lowest BCUT2D eigenvalue weighted by atomic mass is 10.3. The van der Waals surface area contributed by atoms with Crippen LogP contribution in [0.5, 0.6) is 0 Å². The van der Waals surface area contributed by atoms with Gasteiger partial charge in [-0.3, -0.25) is 4.79 Å². The number of hydrogen-bond donors (Lipinski definition) is 0. The topological polar surface area (TPSA) is 26.3 Å². The Morgan fingerprint density at radius 3 is 2.64 bits per heavy atom. The van der Waals surface area contributed by atoms with Crippen LogP contribution in [0.1, 0.15) is 32.1 Å². The molecule has 1 aliphatic rings. The van der Waals surface area contributed by atoms with Crippen LogP contribution in [0.3, 0.4) is 0 Å². The average molecular weight is 177 g/mol. The second-order valence-electron chi connectivity index (χ2n) is 2.88. The number of hydrogen-bond acceptors (Lipinski definition) is 2. The van der Waals surface area contributed by atoms with E-state index in [1.54, 1.807) is 0 Å². The van der Waals surface area contributed by atoms with E-state index in [0.717, 1.165) is 12.8 Å². The molecule has 1 rings (SSSR count). The maximum Gasteiger partial charge on any atom is 0.223 e. The summed E-state index contributed by atoms with van der Waals surface area (Å²) in [5.74, 6) is 0. The van der Waals surface area contributed by atoms with Gasteiger partial charge in [0.2, 0.25) is 5.24 Å². The molecule has 0 unspecified atom stereocenters. The minimum Gasteiger partial charge on any atom is -0.378 e. The van der Waals surface area contributed by atoms with Crippen LogP contribution >= 0.6 is 11.6 Å². The maximum absolute atomic E-state index is 10.3. The Balaban J connectivity index is 1.98. The van der Waals surface area contributed by atoms with E-state index in [2.05, 4.69) is 0 Å². The van der Waals surface area contributed by atoms with Crippen molar-refractivity contribution in [3.63, 3.8) is 0 Å². The molecule has 0 radical (unpaired) electrons. The Kier molecular flexibility index (Phi) is 3.87. The molecule has 1 fully saturated rings. The highest BCUT2D eigenvalue weighted by Gasteiger charge is 2.14. The van der Waals surface area contributed by atoms with Crippen LogP contribution < -0.4 is 0 Å². The summed E-state index contributed by atoms with van der Waals surface area (Å²) in [5, 5.41) is -0.303. The van der Waals surface area contributed by atoms with E-state index in [1.165, 1.54) is 12.8 Å². The maximum atomic E-state index is 10.3. The number of halogens is 1. The Labute approximate surface area is 71.9 Å². The Morgan fingerprint density at radius 2 is 2.09 bits per heavy atom. The number of ether oxygens (including phenoxy) is 1. The van der Waals surface area contributed by atoms with Crippen molar-refractivity contribution in [1.82, 2.24) is 0 Å². The lowest BCUT2D eigenvalue weighted by molar-refractivity contribution is -0.113. The van der Waals surface area contributed by atoms with Crippen molar-refractivity contribution < 1.29 is 9.53 Å². The number of carbonyl (C=O) groups excluding carboxylic acids is 1. The first-order chi connectivity index (χ1) is 5.29. The summed E-state index contributed by atoms with van der Waals surface area (Å²) >= 11 is 5.14. The first kappa shape index (κ1) is 9.01. The molecule has 0 atom stereocenters. The molecule has 0 heterocycles. The van der Waals surface area contributed by atoms with Crippen LogP contribution in [0.15, 0.2) is 0 Å². The molecule has 0 aromatic rings. The molecule has 0 amide bonds. The van der Waals surface area contributed by atoms with E-state index in [4.69, 9.17) is 16.3 Å². The van der Waals surface area contributed by atoms with E-state index < -0.39 is 0 Å². The molecular formula is C8H13ClO2. The highest BCUT2D eigenvalue weighted by molar-refractivity contribution is 6.63. The third-order valence-electron chi connectivity index (χ3n) is 1.95. The van der Waals surface area contributed by atoms with E-state index in [9.17, 15) is 4.79 Å². The molecule has 2 nitrogen and oxygen atoms in total. The highest BCUT2D eigenvalue weighted by Crippen LogP contribution is 2.20. The van der Waals surface area contributed by atoms with Gasteiger partial charge in [0.05, 0.1) is 12.7 Å². The fourth-order valence-corrected chi connectivity index (χ4v) is 1.44. The molecule has 0 spiro atoms. The zero-order valence-corrected chi connectivity index (χ0v) is 7.27. The Morgan fingerprint density at radius 1 is 1.45 bits per heavy atom. The predicted molar refractivity (Wildman–Crippen MR) is 43.7 cm³/mol. The van der Waals surface area contributed by atoms with E-state index in [-0.39, 0.29) is 5.24 Å². The summed E-state index contributed by atoms with van der Waals surface area (Å²) in [7, 11) is 0. The van der Waals surface area contributed by atoms with Crippen LogP contribution in [-0.2, 0) is 9.53 Å². The summed E-state index contributed by atoms with van der Waals surface area (Å²) in [4.78, 5) is 10.3. The Hall–Kier alpha value is -0.0800. The van der Waals surface area contributed by atoms with Gasteiger partial charge in [-0.1, -0.05) is 12.8 Å². The van der Waals surface area contributed by atoms with Gasteiger partial charge < -0.3 is 4.74 Å². The molecule has 0 aromatic heterocycles. The van der Waals surface area contributed by atoms with Crippen LogP contribution in [0.4, 0.5) is 0 Å². The summed E-state index contributed by atoms with van der Waals surface area (Å²) in [6.07, 6.45) is 5.57. The standard InChI is InChI=1S/C8H13ClO2/c9-8(10)5-6-11-7-3-1-2-4-7/h7H,1-6H2. The smallest absolute Gasteiger partial charge is 0.223 e. The molecule has 1 aliphatic carbocycles. The van der Waals surface area contributed by atoms with Gasteiger partial charge in [0.15, 0.2) is 0 Å². The molecule has 1 saturated carbocycles. The summed E-state index contributed by atoms with van der Waals surface area (Å²) < 4.78 is 5.41. The van der Waals surface area contributed by atoms with Gasteiger partial charge >= 0.3 is 0 Å². The second-order valence-corrected chi connectivity index (χ2v) is 3.30. The predicted octanol–water partition coefficient (Wildman–Crippen LogP) is 2.10. The van der Waals surface area contributed by atoms with Gasteiger partial charge in [-0.2, -0.15) is 0 Å². The lowest BCUT2D eigenvalue weighted by Gasteiger charge is -2.08. The quantitative estimate of drug-likeness (QED) is 0.614. The summed E-state index contributed by atoms with van der Waals surface area (Å²) in [6.45, 7) is 0.493. The molecule has 0 aromatic carbocycles. The third-order valence-corrected chi connectivity index (χ3v) is 2.14. The number of rotatable bonds is 4. The third kappa shape index (κ3) is 3.73. The zero-order chi connectivity index (χ0) is 8.10. The van der Waals surface area contributed by atoms with Gasteiger partial charge in [-0.25, -0.2) is 0 Å². The summed E-state index contributed by atoms with van der Waals surface area (Å²) in [6, 6.07) is 0. The molecule has 11 heavy (non-hydrogen) atoms. The van der Waals surface area contributed by atoms with Crippen LogP contribution in [0, 0.1) is 0 Å². The monoisotopic (exact) mass is 176 g/mol. The van der Waals surface area contributed by atoms with Crippen LogP contribution in [0.2, 0.25) is 0 Å². The van der Waals surface area contributed by atoms with Gasteiger partial charge in [0.25, 0.3) is 0 Å². The van der Waals surface area contributed by atoms with Gasteiger partial charge in [-0.05, 0) is 24.4 Å². The van der Waals surface area contributed by atoms with Gasteiger partial charge in [-0.15, -0.1) is 0 Å². The van der Waals surface area contributed by atoms with Crippen molar-refractivity contribution in [2.45, 2.75) is 38.2 Å². The SMILES string of the molecule is O=C(Cl)CCOC1CCCC1. The molecule has 0 N–H and O–H groups in total. The minimum atomic E-state index is -0.303. The second kappa shape index (κ2) is 4.73. The summed E-state index contributed by atoms with van der Waals surface area (Å²) in [5.41, 5.74) is 0. The van der Waals surface area contributed by atoms with Crippen LogP contribution in [-0.4, -0.2) is 18.0 Å². The van der Waals surface area contributed by atoms with E-state index >= 15 is 0 Å². The fourth-order valence-electron chi connectivity index (χ4n) is 1.36. The number of carbonyl (C=O) groups is 1. The van der Waals surface area contributed by atoms with Crippen molar-refractivity contribution in [2.24, 2.45) is 0 Å². The lowest BCUT2D eigenvalue weighted by Crippen LogP contribution is -2.09. The van der Waals surface area contributed by atoms with E-state index in [1.807, 2.05) is 0 Å². The molecule has 0 bridgehead atoms. The van der Waals surface area contributed by atoms with Crippen molar-refractivity contribution in [3.05, 3.63) is 0 Å². The average Bonchev–Trinajstić information content (AvgIpc) is 2.39. The first-order valence-corrected chi connectivity index (χ1v) is 4.47. The minimum absolute atomic E-state index is 0.303. The first-order valence-electron chi connectivity index (χ1n) is 4.09. The zero-order valence-electron chi connectivity index (χ0n) is 6.51. The van der Waals surface area contributed by atoms with Crippen LogP contribution in [0.25, 0.3) is 0 Å². The van der Waals surface area contributed by atoms with E-state index in [0.29, 0.717) is 19.1 Å². The molecule has 64 valence electrons. The fraction of sp³-hybridized carbons (Fsp3) is 0.875. The van der Waals surface area contributed by atoms with Crippen molar-refractivity contribution >= 4 is 16.8 Å². The van der Waals surface area contributed by atoms with Crippen molar-refractivity contribution in [2.75, 3.05) is 6.61 Å². The molecule has 0 aliphatic heterocycles. The normalized spacial score (nSPS) is 19.0. The largest absolute Gasteiger partial charge is 0.378 e. The Bertz CT molecular complexity index is 130. The molecular weight excluding hydrogens is 164 g/mol. The van der Waals surface area contributed by atoms with Crippen molar-refractivity contribution in [1.29, 1.82) is 0 Å². The van der Waals surface area contributed by atoms with Gasteiger partial charge in [0.1, 0.15) is 0 Å². The van der Waals surface area contributed by atoms with Gasteiger partial charge in [0, 0.05) is 6.42 Å². The molecule has 3 heteroatoms. The highest BCUT2D eigenvalue weighted by atomic mass is 35.5.